The van der Waals surface area contributed by atoms with Crippen molar-refractivity contribution >= 4 is 22.8 Å². The van der Waals surface area contributed by atoms with E-state index in [2.05, 4.69) is 15.1 Å². The number of aryl methyl sites for hydroxylation is 1. The first-order valence-corrected chi connectivity index (χ1v) is 4.14. The van der Waals surface area contributed by atoms with Crippen LogP contribution in [0.2, 0.25) is 0 Å². The van der Waals surface area contributed by atoms with Crippen LogP contribution in [-0.4, -0.2) is 25.6 Å². The van der Waals surface area contributed by atoms with Gasteiger partial charge in [0.15, 0.2) is 5.65 Å². The maximum Gasteiger partial charge on any atom is 0.176 e. The Bertz CT molecular complexity index is 384. The van der Waals surface area contributed by atoms with E-state index >= 15 is 0 Å². The van der Waals surface area contributed by atoms with Gasteiger partial charge in [0.05, 0.1) is 12.7 Å². The van der Waals surface area contributed by atoms with E-state index in [0.717, 1.165) is 11.2 Å². The summed E-state index contributed by atoms with van der Waals surface area (Å²) in [5, 5.41) is 4.09. The number of halogens is 1. The van der Waals surface area contributed by atoms with Crippen LogP contribution in [-0.2, 0) is 6.54 Å². The molecular weight excluding hydrogens is 176 g/mol. The molecule has 2 rings (SSSR count). The summed E-state index contributed by atoms with van der Waals surface area (Å²) in [7, 11) is 0. The van der Waals surface area contributed by atoms with Crippen LogP contribution in [0, 0.1) is 0 Å². The highest BCUT2D eigenvalue weighted by Gasteiger charge is 2.01. The van der Waals surface area contributed by atoms with Gasteiger partial charge in [-0.25, -0.2) is 14.6 Å². The number of aromatic nitrogens is 4. The summed E-state index contributed by atoms with van der Waals surface area (Å²) in [6, 6.07) is 0. The molecule has 0 aliphatic heterocycles. The lowest BCUT2D eigenvalue weighted by atomic mass is 10.5. The minimum absolute atomic E-state index is 0.535. The van der Waals surface area contributed by atoms with Crippen molar-refractivity contribution in [2.45, 2.75) is 6.54 Å². The average Bonchev–Trinajstić information content (AvgIpc) is 2.50. The highest BCUT2D eigenvalue weighted by Crippen LogP contribution is 2.05. The van der Waals surface area contributed by atoms with Crippen molar-refractivity contribution in [1.82, 2.24) is 19.7 Å². The first kappa shape index (κ1) is 7.49. The zero-order chi connectivity index (χ0) is 8.39. The van der Waals surface area contributed by atoms with Gasteiger partial charge in [-0.2, -0.15) is 5.10 Å². The smallest absolute Gasteiger partial charge is 0.176 e. The molecule has 62 valence electrons. The van der Waals surface area contributed by atoms with E-state index in [-0.39, 0.29) is 0 Å². The SMILES string of the molecule is ClCCn1ncc2nccnc21. The van der Waals surface area contributed by atoms with Crippen LogP contribution in [0.4, 0.5) is 0 Å². The summed E-state index contributed by atoms with van der Waals surface area (Å²) in [6.45, 7) is 0.670. The summed E-state index contributed by atoms with van der Waals surface area (Å²) in [5.74, 6) is 0.535. The fraction of sp³-hybridized carbons (Fsp3) is 0.286. The number of alkyl halides is 1. The first-order chi connectivity index (χ1) is 5.92. The molecule has 0 atom stereocenters. The van der Waals surface area contributed by atoms with Gasteiger partial charge in [-0.15, -0.1) is 11.6 Å². The third kappa shape index (κ3) is 1.14. The normalized spacial score (nSPS) is 10.8. The summed E-state index contributed by atoms with van der Waals surface area (Å²) in [5.41, 5.74) is 1.60. The van der Waals surface area contributed by atoms with Crippen LogP contribution in [0.3, 0.4) is 0 Å². The summed E-state index contributed by atoms with van der Waals surface area (Å²) in [4.78, 5) is 8.23. The molecule has 0 unspecified atom stereocenters. The highest BCUT2D eigenvalue weighted by molar-refractivity contribution is 6.17. The molecule has 0 aromatic carbocycles. The van der Waals surface area contributed by atoms with Crippen molar-refractivity contribution in [2.24, 2.45) is 0 Å². The summed E-state index contributed by atoms with van der Waals surface area (Å²) in [6.07, 6.45) is 4.98. The molecule has 4 nitrogen and oxygen atoms in total. The molecule has 12 heavy (non-hydrogen) atoms. The average molecular weight is 183 g/mol. The van der Waals surface area contributed by atoms with E-state index in [0.29, 0.717) is 12.4 Å². The molecule has 0 spiro atoms. The Kier molecular flexibility index (Phi) is 1.91. The minimum atomic E-state index is 0.535. The molecule has 0 amide bonds. The van der Waals surface area contributed by atoms with Crippen LogP contribution in [0.5, 0.6) is 0 Å². The maximum absolute atomic E-state index is 5.58. The number of hydrogen-bond acceptors (Lipinski definition) is 3. The van der Waals surface area contributed by atoms with Gasteiger partial charge < -0.3 is 0 Å². The third-order valence-corrected chi connectivity index (χ3v) is 1.74. The Hall–Kier alpha value is -1.16. The topological polar surface area (TPSA) is 43.6 Å². The summed E-state index contributed by atoms with van der Waals surface area (Å²) < 4.78 is 1.75. The number of hydrogen-bond donors (Lipinski definition) is 0. The first-order valence-electron chi connectivity index (χ1n) is 3.60. The van der Waals surface area contributed by atoms with Gasteiger partial charge >= 0.3 is 0 Å². The molecular formula is C7H7ClN4. The predicted octanol–water partition coefficient (Wildman–Crippen LogP) is 1.07. The Labute approximate surface area is 74.2 Å². The Balaban J connectivity index is 2.55. The van der Waals surface area contributed by atoms with E-state index < -0.39 is 0 Å². The molecule has 0 bridgehead atoms. The molecule has 2 aromatic rings. The lowest BCUT2D eigenvalue weighted by Gasteiger charge is -1.96. The van der Waals surface area contributed by atoms with Gasteiger partial charge in [0, 0.05) is 18.3 Å². The van der Waals surface area contributed by atoms with Crippen molar-refractivity contribution in [3.05, 3.63) is 18.6 Å². The molecule has 5 heteroatoms. The van der Waals surface area contributed by atoms with Crippen molar-refractivity contribution in [1.29, 1.82) is 0 Å². The van der Waals surface area contributed by atoms with Crippen LogP contribution in [0.1, 0.15) is 0 Å². The summed E-state index contributed by atoms with van der Waals surface area (Å²) >= 11 is 5.58. The van der Waals surface area contributed by atoms with Crippen LogP contribution < -0.4 is 0 Å². The zero-order valence-electron chi connectivity index (χ0n) is 6.31. The van der Waals surface area contributed by atoms with Crippen molar-refractivity contribution in [3.8, 4) is 0 Å². The van der Waals surface area contributed by atoms with Crippen LogP contribution in [0.15, 0.2) is 18.6 Å². The highest BCUT2D eigenvalue weighted by atomic mass is 35.5. The molecule has 0 fully saturated rings. The standard InChI is InChI=1S/C7H7ClN4/c8-1-4-12-7-6(5-11-12)9-2-3-10-7/h2-3,5H,1,4H2. The second kappa shape index (κ2) is 3.06. The fourth-order valence-electron chi connectivity index (χ4n) is 1.05. The molecule has 0 saturated carbocycles. The Morgan fingerprint density at radius 2 is 2.17 bits per heavy atom. The Morgan fingerprint density at radius 3 is 3.00 bits per heavy atom. The Morgan fingerprint density at radius 1 is 1.33 bits per heavy atom. The molecule has 0 aliphatic carbocycles. The second-order valence-corrected chi connectivity index (χ2v) is 2.70. The molecule has 0 N–H and O–H groups in total. The van der Waals surface area contributed by atoms with E-state index in [1.54, 1.807) is 23.3 Å². The quantitative estimate of drug-likeness (QED) is 0.653. The molecule has 2 heterocycles. The van der Waals surface area contributed by atoms with E-state index in [1.165, 1.54) is 0 Å². The number of nitrogens with zero attached hydrogens (tertiary/aromatic N) is 4. The molecule has 0 aliphatic rings. The molecule has 0 radical (unpaired) electrons. The van der Waals surface area contributed by atoms with Gasteiger partial charge in [-0.05, 0) is 0 Å². The fourth-order valence-corrected chi connectivity index (χ4v) is 1.21. The van der Waals surface area contributed by atoms with Crippen molar-refractivity contribution in [3.63, 3.8) is 0 Å². The van der Waals surface area contributed by atoms with Gasteiger partial charge in [-0.1, -0.05) is 0 Å². The largest absolute Gasteiger partial charge is 0.250 e. The predicted molar refractivity (Wildman–Crippen MR) is 46.0 cm³/mol. The van der Waals surface area contributed by atoms with E-state index in [4.69, 9.17) is 11.6 Å². The second-order valence-electron chi connectivity index (χ2n) is 2.32. The zero-order valence-corrected chi connectivity index (χ0v) is 7.07. The van der Waals surface area contributed by atoms with Gasteiger partial charge in [0.25, 0.3) is 0 Å². The number of fused-ring (bicyclic) bond motifs is 1. The lowest BCUT2D eigenvalue weighted by molar-refractivity contribution is 0.681. The minimum Gasteiger partial charge on any atom is -0.250 e. The maximum atomic E-state index is 5.58. The number of rotatable bonds is 2. The van der Waals surface area contributed by atoms with Crippen LogP contribution >= 0.6 is 11.6 Å². The molecule has 2 aromatic heterocycles. The lowest BCUT2D eigenvalue weighted by Crippen LogP contribution is -2.01. The molecule has 0 saturated heterocycles. The van der Waals surface area contributed by atoms with Crippen LogP contribution in [0.25, 0.3) is 11.2 Å². The van der Waals surface area contributed by atoms with E-state index in [1.807, 2.05) is 0 Å². The van der Waals surface area contributed by atoms with Gasteiger partial charge in [0.1, 0.15) is 5.52 Å². The third-order valence-electron chi connectivity index (χ3n) is 1.57. The van der Waals surface area contributed by atoms with Gasteiger partial charge in [0.2, 0.25) is 0 Å². The van der Waals surface area contributed by atoms with Gasteiger partial charge in [-0.3, -0.25) is 0 Å². The van der Waals surface area contributed by atoms with E-state index in [9.17, 15) is 0 Å². The van der Waals surface area contributed by atoms with Crippen molar-refractivity contribution in [2.75, 3.05) is 5.88 Å². The monoisotopic (exact) mass is 182 g/mol. The van der Waals surface area contributed by atoms with Crippen molar-refractivity contribution < 1.29 is 0 Å².